The van der Waals surface area contributed by atoms with E-state index in [9.17, 15) is 51.1 Å². The van der Waals surface area contributed by atoms with Crippen LogP contribution in [0.1, 0.15) is 72.6 Å². The zero-order chi connectivity index (χ0) is 34.4. The Balaban J connectivity index is 1.11. The summed E-state index contributed by atoms with van der Waals surface area (Å²) in [7, 11) is 0. The number of hydrogen-bond donors (Lipinski definition) is 10. The third kappa shape index (κ3) is 5.45. The van der Waals surface area contributed by atoms with Crippen LogP contribution in [0, 0.1) is 34.5 Å². The molecular weight excluding hydrogens is 620 g/mol. The molecule has 2 saturated heterocycles. The third-order valence-electron chi connectivity index (χ3n) is 13.8. The maximum atomic E-state index is 12.3. The second kappa shape index (κ2) is 12.9. The monoisotopic (exact) mass is 676 g/mol. The van der Waals surface area contributed by atoms with Crippen LogP contribution in [0.15, 0.2) is 0 Å². The summed E-state index contributed by atoms with van der Waals surface area (Å²) in [5.41, 5.74) is -2.63. The van der Waals surface area contributed by atoms with Crippen molar-refractivity contribution in [1.29, 1.82) is 0 Å². The minimum absolute atomic E-state index is 0.0941. The molecule has 0 spiro atoms. The summed E-state index contributed by atoms with van der Waals surface area (Å²) in [5.74, 6) is -0.804. The molecule has 2 aliphatic heterocycles. The van der Waals surface area contributed by atoms with Crippen molar-refractivity contribution in [3.05, 3.63) is 0 Å². The van der Waals surface area contributed by atoms with Crippen molar-refractivity contribution >= 4 is 0 Å². The second-order valence-electron chi connectivity index (χ2n) is 16.0. The van der Waals surface area contributed by atoms with Crippen LogP contribution in [-0.2, 0) is 18.9 Å². The van der Waals surface area contributed by atoms with Crippen LogP contribution in [0.25, 0.3) is 0 Å². The highest BCUT2D eigenvalue weighted by Crippen LogP contribution is 2.69. The molecule has 0 aromatic heterocycles. The molecule has 0 aromatic carbocycles. The lowest BCUT2D eigenvalue weighted by Crippen LogP contribution is -2.72. The highest BCUT2D eigenvalue weighted by molar-refractivity contribution is 5.22. The van der Waals surface area contributed by atoms with E-state index in [0.717, 1.165) is 6.42 Å². The van der Waals surface area contributed by atoms with Gasteiger partial charge in [-0.15, -0.1) is 0 Å². The summed E-state index contributed by atoms with van der Waals surface area (Å²) >= 11 is 0. The molecule has 14 nitrogen and oxygen atoms in total. The second-order valence-corrected chi connectivity index (χ2v) is 16.0. The molecule has 10 N–H and O–H groups in total. The number of aliphatic hydroxyl groups is 10. The smallest absolute Gasteiger partial charge is 0.187 e. The van der Waals surface area contributed by atoms with E-state index < -0.39 is 103 Å². The maximum absolute atomic E-state index is 12.3. The van der Waals surface area contributed by atoms with Crippen molar-refractivity contribution in [3.63, 3.8) is 0 Å². The molecule has 4 saturated carbocycles. The Labute approximate surface area is 275 Å². The fourth-order valence-electron chi connectivity index (χ4n) is 11.0. The van der Waals surface area contributed by atoms with Gasteiger partial charge in [0.25, 0.3) is 0 Å². The summed E-state index contributed by atoms with van der Waals surface area (Å²) in [4.78, 5) is 0. The van der Waals surface area contributed by atoms with Crippen LogP contribution >= 0.6 is 0 Å². The van der Waals surface area contributed by atoms with Gasteiger partial charge in [-0.25, -0.2) is 0 Å². The normalized spacial score (nSPS) is 58.7. The first-order chi connectivity index (χ1) is 22.0. The Morgan fingerprint density at radius 2 is 1.45 bits per heavy atom. The van der Waals surface area contributed by atoms with Gasteiger partial charge < -0.3 is 70.0 Å². The Morgan fingerprint density at radius 1 is 0.787 bits per heavy atom. The van der Waals surface area contributed by atoms with Crippen molar-refractivity contribution in [3.8, 4) is 0 Å². The largest absolute Gasteiger partial charge is 0.394 e. The van der Waals surface area contributed by atoms with Crippen LogP contribution in [0.2, 0.25) is 0 Å². The third-order valence-corrected chi connectivity index (χ3v) is 13.8. The average molecular weight is 677 g/mol. The Hall–Kier alpha value is -0.560. The zero-order valence-electron chi connectivity index (χ0n) is 27.7. The van der Waals surface area contributed by atoms with Gasteiger partial charge in [0.1, 0.15) is 42.7 Å². The van der Waals surface area contributed by atoms with Gasteiger partial charge in [0.05, 0.1) is 42.7 Å². The van der Waals surface area contributed by atoms with Crippen LogP contribution in [0.4, 0.5) is 0 Å². The minimum Gasteiger partial charge on any atom is -0.394 e. The van der Waals surface area contributed by atoms with Gasteiger partial charge in [0.15, 0.2) is 12.6 Å². The standard InChI is InChI=1S/C33H56O14/c1-13(35)17-8-10-33(43)18-6-5-15-11-16(7-9-31(15,3)20(18)22(37)28(42)32(17,33)4)45-29-26(41)24(39)27(14(2)44-29)47-30-25(40)23(38)21(36)19(12-34)46-30/h13-30,34-43H,5-12H2,1-4H3/t13?,14-,15?,16-,17+,18+,19+,20+,21+,22-,23-,24-,25+,26-,27+,28+,29-,30+,31-,32-,33-/m0/s1. The molecular formula is C33H56O14. The molecule has 2 unspecified atom stereocenters. The Morgan fingerprint density at radius 3 is 2.11 bits per heavy atom. The van der Waals surface area contributed by atoms with Gasteiger partial charge in [0.2, 0.25) is 0 Å². The number of fused-ring (bicyclic) bond motifs is 5. The molecule has 6 fully saturated rings. The predicted molar refractivity (Wildman–Crippen MR) is 161 cm³/mol. The summed E-state index contributed by atoms with van der Waals surface area (Å²) in [6.45, 7) is 6.59. The molecule has 0 bridgehead atoms. The molecule has 47 heavy (non-hydrogen) atoms. The Kier molecular flexibility index (Phi) is 9.94. The quantitative estimate of drug-likeness (QED) is 0.139. The van der Waals surface area contributed by atoms with Crippen LogP contribution in [0.3, 0.4) is 0 Å². The topological polar surface area (TPSA) is 239 Å². The lowest BCUT2D eigenvalue weighted by molar-refractivity contribution is -0.360. The summed E-state index contributed by atoms with van der Waals surface area (Å²) < 4.78 is 23.4. The van der Waals surface area contributed by atoms with Crippen molar-refractivity contribution in [2.24, 2.45) is 34.5 Å². The number of ether oxygens (including phenoxy) is 4. The number of hydrogen-bond acceptors (Lipinski definition) is 14. The van der Waals surface area contributed by atoms with E-state index >= 15 is 0 Å². The minimum atomic E-state index is -1.68. The van der Waals surface area contributed by atoms with E-state index in [4.69, 9.17) is 18.9 Å². The molecule has 6 aliphatic rings. The van der Waals surface area contributed by atoms with E-state index in [1.807, 2.05) is 6.92 Å². The van der Waals surface area contributed by atoms with E-state index in [1.54, 1.807) is 13.8 Å². The molecule has 4 aliphatic carbocycles. The van der Waals surface area contributed by atoms with Crippen molar-refractivity contribution in [2.45, 2.75) is 164 Å². The van der Waals surface area contributed by atoms with E-state index in [1.165, 1.54) is 0 Å². The SMILES string of the molecule is CC(O)[C@H]1CC[C@]2(O)[C@@H]3CCC4C[C@@H](O[C@@H]5O[C@@H](C)[C@@H](O[C@H]6O[C@H](CO)[C@@H](O)[C@H](O)[C@H]6O)[C@@H](O)[C@@H]5O)CC[C@]4(C)[C@H]3[C@H](O)[C@@H](O)[C@]12C. The molecule has 2 heterocycles. The fourth-order valence-corrected chi connectivity index (χ4v) is 11.0. The summed E-state index contributed by atoms with van der Waals surface area (Å²) in [5, 5.41) is 108. The molecule has 14 heteroatoms. The average Bonchev–Trinajstić information content (AvgIpc) is 3.32. The molecule has 272 valence electrons. The van der Waals surface area contributed by atoms with Crippen molar-refractivity contribution < 1.29 is 70.0 Å². The van der Waals surface area contributed by atoms with Gasteiger partial charge >= 0.3 is 0 Å². The van der Waals surface area contributed by atoms with E-state index in [2.05, 4.69) is 6.92 Å². The van der Waals surface area contributed by atoms with Crippen LogP contribution < -0.4 is 0 Å². The predicted octanol–water partition coefficient (Wildman–Crippen LogP) is -1.88. The van der Waals surface area contributed by atoms with Crippen molar-refractivity contribution in [2.75, 3.05) is 6.61 Å². The fraction of sp³-hybridized carbons (Fsp3) is 1.00. The maximum Gasteiger partial charge on any atom is 0.187 e. The lowest BCUT2D eigenvalue weighted by Gasteiger charge is -2.66. The summed E-state index contributed by atoms with van der Waals surface area (Å²) in [6.07, 6.45) is -13.0. The molecule has 0 aromatic rings. The van der Waals surface area contributed by atoms with E-state index in [0.29, 0.717) is 38.5 Å². The van der Waals surface area contributed by atoms with Gasteiger partial charge in [-0.05, 0) is 87.9 Å². The first-order valence-corrected chi connectivity index (χ1v) is 17.4. The van der Waals surface area contributed by atoms with Crippen molar-refractivity contribution in [1.82, 2.24) is 0 Å². The number of rotatable bonds is 6. The van der Waals surface area contributed by atoms with E-state index in [-0.39, 0.29) is 29.8 Å². The van der Waals surface area contributed by atoms with Gasteiger partial charge in [-0.2, -0.15) is 0 Å². The van der Waals surface area contributed by atoms with Crippen LogP contribution in [-0.4, -0.2) is 149 Å². The lowest BCUT2D eigenvalue weighted by atomic mass is 9.41. The first-order valence-electron chi connectivity index (χ1n) is 17.4. The first kappa shape index (κ1) is 36.2. The molecule has 6 rings (SSSR count). The molecule has 0 radical (unpaired) electrons. The highest BCUT2D eigenvalue weighted by Gasteiger charge is 2.73. The number of aliphatic hydroxyl groups excluding tert-OH is 9. The van der Waals surface area contributed by atoms with Gasteiger partial charge in [0, 0.05) is 5.41 Å². The Bertz CT molecular complexity index is 1110. The van der Waals surface area contributed by atoms with Gasteiger partial charge in [-0.3, -0.25) is 0 Å². The highest BCUT2D eigenvalue weighted by atomic mass is 16.7. The zero-order valence-corrected chi connectivity index (χ0v) is 27.7. The summed E-state index contributed by atoms with van der Waals surface area (Å²) in [6, 6.07) is 0. The van der Waals surface area contributed by atoms with Crippen LogP contribution in [0.5, 0.6) is 0 Å². The molecule has 21 atom stereocenters. The van der Waals surface area contributed by atoms with Gasteiger partial charge in [-0.1, -0.05) is 13.8 Å². The molecule has 0 amide bonds.